The molecule has 0 aromatic heterocycles. The van der Waals surface area contributed by atoms with Gasteiger partial charge in [-0.05, 0) is 92.7 Å². The van der Waals surface area contributed by atoms with Crippen molar-refractivity contribution in [1.82, 2.24) is 31.5 Å². The Kier molecular flexibility index (Phi) is 16.5. The molecular formula is C45H70F2N6O. The van der Waals surface area contributed by atoms with Gasteiger partial charge >= 0.3 is 0 Å². The predicted octanol–water partition coefficient (Wildman–Crippen LogP) is 8.51. The van der Waals surface area contributed by atoms with Gasteiger partial charge in [0, 0.05) is 49.2 Å². The monoisotopic (exact) mass is 749 g/mol. The zero-order valence-corrected chi connectivity index (χ0v) is 34.2. The average molecular weight is 749 g/mol. The molecule has 1 fully saturated rings. The highest BCUT2D eigenvalue weighted by atomic mass is 19.3. The maximum absolute atomic E-state index is 14.5. The first kappa shape index (κ1) is 44.4. The molecule has 1 aliphatic carbocycles. The largest absolute Gasteiger partial charge is 0.389 e. The van der Waals surface area contributed by atoms with Gasteiger partial charge in [-0.2, -0.15) is 0 Å². The number of likely N-dealkylation sites (tertiary alicyclic amines) is 1. The van der Waals surface area contributed by atoms with Crippen LogP contribution >= 0.6 is 0 Å². The van der Waals surface area contributed by atoms with Gasteiger partial charge in [-0.15, -0.1) is 6.58 Å². The highest BCUT2D eigenvalue weighted by Gasteiger charge is 2.43. The first-order chi connectivity index (χ1) is 25.5. The van der Waals surface area contributed by atoms with Crippen molar-refractivity contribution in [2.45, 2.75) is 129 Å². The van der Waals surface area contributed by atoms with E-state index < -0.39 is 24.4 Å². The lowest BCUT2D eigenvalue weighted by Gasteiger charge is -2.40. The molecule has 1 heterocycles. The number of allylic oxidation sites excluding steroid dienone is 1. The lowest BCUT2D eigenvalue weighted by Crippen LogP contribution is -2.54. The second-order valence-electron chi connectivity index (χ2n) is 16.2. The molecule has 7 nitrogen and oxygen atoms in total. The number of amides is 1. The summed E-state index contributed by atoms with van der Waals surface area (Å²) in [5, 5.41) is 17.2. The van der Waals surface area contributed by atoms with Crippen LogP contribution in [0.3, 0.4) is 0 Å². The molecule has 0 bridgehead atoms. The van der Waals surface area contributed by atoms with E-state index in [4.69, 9.17) is 6.58 Å². The van der Waals surface area contributed by atoms with Gasteiger partial charge in [0.15, 0.2) is 0 Å². The molecular weight excluding hydrogens is 679 g/mol. The maximum Gasteiger partial charge on any atom is 0.245 e. The van der Waals surface area contributed by atoms with Gasteiger partial charge in [0.1, 0.15) is 6.04 Å². The van der Waals surface area contributed by atoms with E-state index in [1.807, 2.05) is 0 Å². The minimum atomic E-state index is -2.89. The number of carbonyl (C=O) groups excluding carboxylic acids is 1. The molecule has 1 saturated heterocycles. The molecule has 3 rings (SSSR count). The smallest absolute Gasteiger partial charge is 0.245 e. The molecule has 4 unspecified atom stereocenters. The Balaban J connectivity index is 1.92. The van der Waals surface area contributed by atoms with Crippen molar-refractivity contribution in [3.05, 3.63) is 109 Å². The Bertz CT molecular complexity index is 1470. The first-order valence-corrected chi connectivity index (χ1v) is 20.0. The van der Waals surface area contributed by atoms with E-state index in [-0.39, 0.29) is 41.7 Å². The predicted molar refractivity (Wildman–Crippen MR) is 223 cm³/mol. The molecule has 1 amide bonds. The van der Waals surface area contributed by atoms with Gasteiger partial charge in [0.25, 0.3) is 0 Å². The standard InChI is InChI=1S/C45H70F2N6O/c1-13-26-49-32(7)31(6)39(23-25-45(12,46)47)52-43(54)42-35(14-2)24-27-53(42)33(8)41(38-28-36-19-17-18-20-37(36)29-38)51-34(9)50-40(44(10,11)15-3)22-21-30(5)48-16-4/h13,17-20,35,38-42,48-51H,1,5-9,14-16,21-29H2,2-4,10-12H3,(H,52,54)/t35-,39?,40?,41?,42?/m0/s1. The molecule has 9 heteroatoms. The van der Waals surface area contributed by atoms with Crippen LogP contribution < -0.4 is 26.6 Å². The average Bonchev–Trinajstić information content (AvgIpc) is 3.76. The molecule has 300 valence electrons. The van der Waals surface area contributed by atoms with Crippen LogP contribution in [0.1, 0.15) is 97.6 Å². The highest BCUT2D eigenvalue weighted by molar-refractivity contribution is 5.83. The molecule has 1 aromatic rings. The van der Waals surface area contributed by atoms with Crippen molar-refractivity contribution in [2.75, 3.05) is 19.6 Å². The number of rotatable bonds is 25. The Morgan fingerprint density at radius 3 is 2.17 bits per heavy atom. The minimum absolute atomic E-state index is 0.00546. The minimum Gasteiger partial charge on any atom is -0.389 e. The van der Waals surface area contributed by atoms with E-state index in [1.54, 1.807) is 6.08 Å². The fourth-order valence-electron chi connectivity index (χ4n) is 7.95. The summed E-state index contributed by atoms with van der Waals surface area (Å²) < 4.78 is 28.3. The Morgan fingerprint density at radius 2 is 1.61 bits per heavy atom. The Labute approximate surface area is 326 Å². The quantitative estimate of drug-likeness (QED) is 0.0510. The number of halogens is 2. The lowest BCUT2D eigenvalue weighted by atomic mass is 9.79. The van der Waals surface area contributed by atoms with Gasteiger partial charge in [-0.3, -0.25) is 4.79 Å². The van der Waals surface area contributed by atoms with Crippen LogP contribution in [0.2, 0.25) is 0 Å². The number of hydrogen-bond donors (Lipinski definition) is 5. The summed E-state index contributed by atoms with van der Waals surface area (Å²) in [6, 6.07) is 7.26. The van der Waals surface area contributed by atoms with Crippen molar-refractivity contribution >= 4 is 5.91 Å². The molecule has 1 aromatic carbocycles. The van der Waals surface area contributed by atoms with Crippen LogP contribution in [0.5, 0.6) is 0 Å². The summed E-state index contributed by atoms with van der Waals surface area (Å²) in [6.45, 7) is 39.2. The molecule has 1 aliphatic heterocycles. The molecule has 0 saturated carbocycles. The number of fused-ring (bicyclic) bond motifs is 1. The first-order valence-electron chi connectivity index (χ1n) is 20.0. The molecule has 0 radical (unpaired) electrons. The summed E-state index contributed by atoms with van der Waals surface area (Å²) in [6.07, 6.45) is 7.41. The maximum atomic E-state index is 14.5. The van der Waals surface area contributed by atoms with E-state index in [0.717, 1.165) is 75.6 Å². The van der Waals surface area contributed by atoms with Crippen LogP contribution in [0.15, 0.2) is 98.3 Å². The fourth-order valence-corrected chi connectivity index (χ4v) is 7.95. The van der Waals surface area contributed by atoms with Gasteiger partial charge in [0.2, 0.25) is 11.8 Å². The van der Waals surface area contributed by atoms with E-state index in [1.165, 1.54) is 11.1 Å². The van der Waals surface area contributed by atoms with Crippen LogP contribution in [-0.2, 0) is 17.6 Å². The number of hydrogen-bond acceptors (Lipinski definition) is 6. The van der Waals surface area contributed by atoms with E-state index in [0.29, 0.717) is 24.4 Å². The zero-order valence-electron chi connectivity index (χ0n) is 34.2. The van der Waals surface area contributed by atoms with Crippen molar-refractivity contribution in [2.24, 2.45) is 17.3 Å². The SMILES string of the molecule is C=CCNC(=C)C(=C)C(CCC(C)(F)F)NC(=O)C1[C@@H](CC)CCN1C(=C)C(NC(=C)NC(CCC(=C)NCC)C(C)(C)CC)C1Cc2ccccc2C1. The molecule has 5 atom stereocenters. The summed E-state index contributed by atoms with van der Waals surface area (Å²) in [4.78, 5) is 16.6. The van der Waals surface area contributed by atoms with Crippen molar-refractivity contribution in [3.63, 3.8) is 0 Å². The van der Waals surface area contributed by atoms with Crippen LogP contribution in [-0.4, -0.2) is 60.5 Å². The van der Waals surface area contributed by atoms with E-state index in [9.17, 15) is 13.6 Å². The zero-order chi connectivity index (χ0) is 40.2. The van der Waals surface area contributed by atoms with Gasteiger partial charge in [-0.25, -0.2) is 8.78 Å². The molecule has 0 spiro atoms. The number of alkyl halides is 2. The summed E-state index contributed by atoms with van der Waals surface area (Å²) in [5.74, 6) is -2.13. The fraction of sp³-hybridized carbons (Fsp3) is 0.578. The van der Waals surface area contributed by atoms with Crippen LogP contribution in [0.25, 0.3) is 0 Å². The summed E-state index contributed by atoms with van der Waals surface area (Å²) in [5.41, 5.74) is 5.49. The topological polar surface area (TPSA) is 80.5 Å². The van der Waals surface area contributed by atoms with Gasteiger partial charge in [-0.1, -0.05) is 97.4 Å². The van der Waals surface area contributed by atoms with E-state index in [2.05, 4.69) is 123 Å². The van der Waals surface area contributed by atoms with Crippen molar-refractivity contribution < 1.29 is 13.6 Å². The molecule has 54 heavy (non-hydrogen) atoms. The highest BCUT2D eigenvalue weighted by Crippen LogP contribution is 2.37. The second kappa shape index (κ2) is 20.1. The second-order valence-corrected chi connectivity index (χ2v) is 16.2. The molecule has 2 aliphatic rings. The number of carbonyl (C=O) groups is 1. The van der Waals surface area contributed by atoms with Crippen molar-refractivity contribution in [3.8, 4) is 0 Å². The number of benzene rings is 1. The third kappa shape index (κ3) is 12.3. The van der Waals surface area contributed by atoms with Gasteiger partial charge < -0.3 is 31.5 Å². The lowest BCUT2D eigenvalue weighted by molar-refractivity contribution is -0.126. The Morgan fingerprint density at radius 1 is 0.963 bits per heavy atom. The third-order valence-electron chi connectivity index (χ3n) is 11.7. The Hall–Kier alpha value is -4.01. The van der Waals surface area contributed by atoms with Crippen LogP contribution in [0.4, 0.5) is 8.78 Å². The number of nitrogens with zero attached hydrogens (tertiary/aromatic N) is 1. The number of nitrogens with one attached hydrogen (secondary N) is 5. The van der Waals surface area contributed by atoms with Crippen LogP contribution in [0, 0.1) is 17.3 Å². The summed E-state index contributed by atoms with van der Waals surface area (Å²) >= 11 is 0. The third-order valence-corrected chi connectivity index (χ3v) is 11.7. The van der Waals surface area contributed by atoms with Crippen molar-refractivity contribution in [1.29, 1.82) is 0 Å². The van der Waals surface area contributed by atoms with E-state index >= 15 is 0 Å². The van der Waals surface area contributed by atoms with Gasteiger partial charge in [0.05, 0.1) is 17.9 Å². The molecule has 5 N–H and O–H groups in total. The normalized spacial score (nSPS) is 18.9. The summed E-state index contributed by atoms with van der Waals surface area (Å²) in [7, 11) is 0.